The van der Waals surface area contributed by atoms with Gasteiger partial charge in [0.2, 0.25) is 5.91 Å². The van der Waals surface area contributed by atoms with Gasteiger partial charge in [-0.25, -0.2) is 0 Å². The monoisotopic (exact) mass is 277 g/mol. The number of nitrogens with one attached hydrogen (secondary N) is 1. The average molecular weight is 277 g/mol. The molecule has 1 unspecified atom stereocenters. The van der Waals surface area contributed by atoms with E-state index in [0.717, 1.165) is 18.4 Å². The molecule has 0 aliphatic heterocycles. The molecule has 0 radical (unpaired) electrons. The molecule has 4 nitrogen and oxygen atoms in total. The third kappa shape index (κ3) is 3.89. The summed E-state index contributed by atoms with van der Waals surface area (Å²) in [5, 5.41) is 21.9. The van der Waals surface area contributed by atoms with Crippen molar-refractivity contribution in [3.8, 4) is 11.5 Å². The standard InChI is InChI=1S/C16H23NO3/c1-11(9-12-7-8-14(18)15(19)10-12)16(20)17-13-5-3-2-4-6-13/h7-8,10-11,13,18-19H,2-6,9H2,1H3,(H,17,20). The van der Waals surface area contributed by atoms with Crippen LogP contribution >= 0.6 is 0 Å². The second-order valence-corrected chi connectivity index (χ2v) is 5.77. The fourth-order valence-corrected chi connectivity index (χ4v) is 2.73. The van der Waals surface area contributed by atoms with Gasteiger partial charge in [0, 0.05) is 12.0 Å². The number of rotatable bonds is 4. The number of carbonyl (C=O) groups excluding carboxylic acids is 1. The van der Waals surface area contributed by atoms with Crippen molar-refractivity contribution in [3.05, 3.63) is 23.8 Å². The Morgan fingerprint density at radius 2 is 1.95 bits per heavy atom. The molecular formula is C16H23NO3. The van der Waals surface area contributed by atoms with Gasteiger partial charge in [-0.05, 0) is 37.0 Å². The van der Waals surface area contributed by atoms with Gasteiger partial charge < -0.3 is 15.5 Å². The summed E-state index contributed by atoms with van der Waals surface area (Å²) in [5.41, 5.74) is 0.853. The van der Waals surface area contributed by atoms with Crippen LogP contribution in [0.4, 0.5) is 0 Å². The molecule has 110 valence electrons. The minimum Gasteiger partial charge on any atom is -0.504 e. The molecule has 1 aliphatic rings. The first-order valence-electron chi connectivity index (χ1n) is 7.37. The van der Waals surface area contributed by atoms with Crippen LogP contribution in [0.3, 0.4) is 0 Å². The highest BCUT2D eigenvalue weighted by Gasteiger charge is 2.20. The van der Waals surface area contributed by atoms with Crippen molar-refractivity contribution in [1.82, 2.24) is 5.32 Å². The molecule has 0 heterocycles. The van der Waals surface area contributed by atoms with Gasteiger partial charge in [0.25, 0.3) is 0 Å². The second-order valence-electron chi connectivity index (χ2n) is 5.77. The number of hydrogen-bond acceptors (Lipinski definition) is 3. The van der Waals surface area contributed by atoms with E-state index >= 15 is 0 Å². The third-order valence-corrected chi connectivity index (χ3v) is 3.98. The van der Waals surface area contributed by atoms with E-state index in [0.29, 0.717) is 12.5 Å². The summed E-state index contributed by atoms with van der Waals surface area (Å²) < 4.78 is 0. The molecule has 1 saturated carbocycles. The number of phenols is 2. The highest BCUT2D eigenvalue weighted by atomic mass is 16.3. The van der Waals surface area contributed by atoms with Crippen LogP contribution in [-0.4, -0.2) is 22.2 Å². The molecule has 4 heteroatoms. The van der Waals surface area contributed by atoms with Crippen molar-refractivity contribution >= 4 is 5.91 Å². The van der Waals surface area contributed by atoms with Crippen LogP contribution in [0.25, 0.3) is 0 Å². The van der Waals surface area contributed by atoms with Gasteiger partial charge in [-0.15, -0.1) is 0 Å². The van der Waals surface area contributed by atoms with Gasteiger partial charge >= 0.3 is 0 Å². The van der Waals surface area contributed by atoms with Gasteiger partial charge in [-0.2, -0.15) is 0 Å². The maximum absolute atomic E-state index is 12.1. The average Bonchev–Trinajstić information content (AvgIpc) is 2.44. The molecule has 2 rings (SSSR count). The molecule has 1 amide bonds. The number of benzene rings is 1. The van der Waals surface area contributed by atoms with Crippen molar-refractivity contribution in [1.29, 1.82) is 0 Å². The Morgan fingerprint density at radius 1 is 1.25 bits per heavy atom. The van der Waals surface area contributed by atoms with E-state index in [1.807, 2.05) is 6.92 Å². The molecule has 1 aromatic rings. The van der Waals surface area contributed by atoms with Crippen LogP contribution in [0, 0.1) is 5.92 Å². The van der Waals surface area contributed by atoms with Crippen LogP contribution in [0.15, 0.2) is 18.2 Å². The van der Waals surface area contributed by atoms with E-state index in [-0.39, 0.29) is 23.3 Å². The topological polar surface area (TPSA) is 69.6 Å². The lowest BCUT2D eigenvalue weighted by Crippen LogP contribution is -2.39. The minimum atomic E-state index is -0.138. The van der Waals surface area contributed by atoms with Gasteiger partial charge in [0.1, 0.15) is 0 Å². The number of phenolic OH excluding ortho intramolecular Hbond substituents is 2. The SMILES string of the molecule is CC(Cc1ccc(O)c(O)c1)C(=O)NC1CCCCC1. The van der Waals surface area contributed by atoms with Crippen LogP contribution in [0.5, 0.6) is 11.5 Å². The van der Waals surface area contributed by atoms with E-state index in [1.165, 1.54) is 31.4 Å². The molecule has 0 bridgehead atoms. The smallest absolute Gasteiger partial charge is 0.223 e. The predicted molar refractivity (Wildman–Crippen MR) is 77.7 cm³/mol. The van der Waals surface area contributed by atoms with Crippen LogP contribution in [-0.2, 0) is 11.2 Å². The number of hydrogen-bond donors (Lipinski definition) is 3. The van der Waals surface area contributed by atoms with Crippen LogP contribution < -0.4 is 5.32 Å². The molecule has 1 aliphatic carbocycles. The van der Waals surface area contributed by atoms with Gasteiger partial charge in [-0.1, -0.05) is 32.3 Å². The van der Waals surface area contributed by atoms with Crippen LogP contribution in [0.2, 0.25) is 0 Å². The summed E-state index contributed by atoms with van der Waals surface area (Å²) in [5.74, 6) is -0.333. The zero-order chi connectivity index (χ0) is 14.5. The number of amides is 1. The van der Waals surface area contributed by atoms with E-state index < -0.39 is 0 Å². The molecule has 0 saturated heterocycles. The van der Waals surface area contributed by atoms with Crippen molar-refractivity contribution in [2.24, 2.45) is 5.92 Å². The summed E-state index contributed by atoms with van der Waals surface area (Å²) >= 11 is 0. The lowest BCUT2D eigenvalue weighted by atomic mass is 9.94. The van der Waals surface area contributed by atoms with E-state index in [4.69, 9.17) is 0 Å². The maximum atomic E-state index is 12.1. The normalized spacial score (nSPS) is 17.6. The molecule has 1 aromatic carbocycles. The fraction of sp³-hybridized carbons (Fsp3) is 0.562. The first-order valence-corrected chi connectivity index (χ1v) is 7.37. The second kappa shape index (κ2) is 6.64. The molecule has 0 aromatic heterocycles. The molecule has 0 spiro atoms. The van der Waals surface area contributed by atoms with Crippen molar-refractivity contribution in [2.75, 3.05) is 0 Å². The Labute approximate surface area is 119 Å². The Hall–Kier alpha value is -1.71. The molecule has 1 fully saturated rings. The van der Waals surface area contributed by atoms with Crippen molar-refractivity contribution in [3.63, 3.8) is 0 Å². The molecule has 3 N–H and O–H groups in total. The van der Waals surface area contributed by atoms with Gasteiger partial charge in [-0.3, -0.25) is 4.79 Å². The van der Waals surface area contributed by atoms with Crippen LogP contribution in [0.1, 0.15) is 44.6 Å². The molecule has 1 atom stereocenters. The zero-order valence-corrected chi connectivity index (χ0v) is 11.9. The van der Waals surface area contributed by atoms with E-state index in [9.17, 15) is 15.0 Å². The quantitative estimate of drug-likeness (QED) is 0.741. The first-order chi connectivity index (χ1) is 9.56. The number of carbonyl (C=O) groups is 1. The summed E-state index contributed by atoms with van der Waals surface area (Å²) in [6.45, 7) is 1.89. The van der Waals surface area contributed by atoms with Crippen molar-refractivity contribution < 1.29 is 15.0 Å². The van der Waals surface area contributed by atoms with E-state index in [2.05, 4.69) is 5.32 Å². The summed E-state index contributed by atoms with van der Waals surface area (Å²) in [6.07, 6.45) is 6.40. The highest BCUT2D eigenvalue weighted by molar-refractivity contribution is 5.78. The summed E-state index contributed by atoms with van der Waals surface area (Å²) in [7, 11) is 0. The molecule has 20 heavy (non-hydrogen) atoms. The third-order valence-electron chi connectivity index (χ3n) is 3.98. The zero-order valence-electron chi connectivity index (χ0n) is 11.9. The van der Waals surface area contributed by atoms with Gasteiger partial charge in [0.15, 0.2) is 11.5 Å². The van der Waals surface area contributed by atoms with Gasteiger partial charge in [0.05, 0.1) is 0 Å². The lowest BCUT2D eigenvalue weighted by Gasteiger charge is -2.24. The maximum Gasteiger partial charge on any atom is 0.223 e. The largest absolute Gasteiger partial charge is 0.504 e. The Morgan fingerprint density at radius 3 is 2.60 bits per heavy atom. The number of aromatic hydroxyl groups is 2. The highest BCUT2D eigenvalue weighted by Crippen LogP contribution is 2.26. The summed E-state index contributed by atoms with van der Waals surface area (Å²) in [6, 6.07) is 5.03. The molecular weight excluding hydrogens is 254 g/mol. The Bertz CT molecular complexity index is 467. The summed E-state index contributed by atoms with van der Waals surface area (Å²) in [4.78, 5) is 12.1. The Balaban J connectivity index is 1.88. The minimum absolute atomic E-state index is 0.0736. The lowest BCUT2D eigenvalue weighted by molar-refractivity contribution is -0.125. The fourth-order valence-electron chi connectivity index (χ4n) is 2.73. The Kier molecular flexibility index (Phi) is 4.88. The first kappa shape index (κ1) is 14.7. The van der Waals surface area contributed by atoms with E-state index in [1.54, 1.807) is 6.07 Å². The predicted octanol–water partition coefficient (Wildman–Crippen LogP) is 2.73. The van der Waals surface area contributed by atoms with Crippen molar-refractivity contribution in [2.45, 2.75) is 51.5 Å².